The lowest BCUT2D eigenvalue weighted by molar-refractivity contribution is 0.368. The van der Waals surface area contributed by atoms with Crippen LogP contribution in [-0.2, 0) is 11.8 Å². The van der Waals surface area contributed by atoms with Crippen LogP contribution in [0.4, 0.5) is 0 Å². The lowest BCUT2D eigenvalue weighted by Gasteiger charge is -2.35. The van der Waals surface area contributed by atoms with E-state index in [1.807, 2.05) is 7.05 Å². The van der Waals surface area contributed by atoms with Gasteiger partial charge in [-0.1, -0.05) is 75.4 Å². The van der Waals surface area contributed by atoms with E-state index >= 15 is 0 Å². The third-order valence-electron chi connectivity index (χ3n) is 4.25. The Labute approximate surface area is 123 Å². The number of likely N-dealkylation sites (N-methyl/N-ethyl adjacent to an activating group) is 1. The molecule has 1 heteroatoms. The van der Waals surface area contributed by atoms with E-state index in [1.54, 1.807) is 0 Å². The van der Waals surface area contributed by atoms with Crippen molar-refractivity contribution < 1.29 is 0 Å². The zero-order valence-electron chi connectivity index (χ0n) is 13.0. The summed E-state index contributed by atoms with van der Waals surface area (Å²) in [6.07, 6.45) is 1.09. The lowest BCUT2D eigenvalue weighted by atomic mass is 9.75. The van der Waals surface area contributed by atoms with Crippen LogP contribution in [0.3, 0.4) is 0 Å². The van der Waals surface area contributed by atoms with E-state index in [-0.39, 0.29) is 5.41 Å². The highest BCUT2D eigenvalue weighted by molar-refractivity contribution is 5.33. The average Bonchev–Trinajstić information content (AvgIpc) is 2.49. The molecule has 0 aromatic heterocycles. The molecule has 0 saturated carbocycles. The Kier molecular flexibility index (Phi) is 4.61. The quantitative estimate of drug-likeness (QED) is 0.841. The summed E-state index contributed by atoms with van der Waals surface area (Å²) in [6, 6.07) is 20.0. The molecule has 0 radical (unpaired) electrons. The maximum Gasteiger partial charge on any atom is 0.0410 e. The van der Waals surface area contributed by atoms with Gasteiger partial charge in [-0.15, -0.1) is 0 Å². The maximum absolute atomic E-state index is 3.49. The molecular formula is C19H25N. The molecule has 1 nitrogen and oxygen atoms in total. The van der Waals surface area contributed by atoms with E-state index in [9.17, 15) is 0 Å². The molecule has 1 N–H and O–H groups in total. The molecule has 0 heterocycles. The van der Waals surface area contributed by atoms with Crippen LogP contribution in [0.5, 0.6) is 0 Å². The van der Waals surface area contributed by atoms with Crippen molar-refractivity contribution in [1.29, 1.82) is 0 Å². The summed E-state index contributed by atoms with van der Waals surface area (Å²) in [6.45, 7) is 6.80. The Hall–Kier alpha value is -1.60. The van der Waals surface area contributed by atoms with E-state index in [1.165, 1.54) is 16.7 Å². The minimum atomic E-state index is 0.0454. The molecule has 0 aliphatic rings. The molecule has 0 spiro atoms. The van der Waals surface area contributed by atoms with Crippen LogP contribution in [0.1, 0.15) is 43.5 Å². The summed E-state index contributed by atoms with van der Waals surface area (Å²) in [4.78, 5) is 0. The van der Waals surface area contributed by atoms with Gasteiger partial charge in [0.05, 0.1) is 0 Å². The number of nitrogens with one attached hydrogen (secondary N) is 1. The third kappa shape index (κ3) is 2.94. The van der Waals surface area contributed by atoms with Gasteiger partial charge in [0, 0.05) is 11.5 Å². The van der Waals surface area contributed by atoms with Crippen molar-refractivity contribution in [2.75, 3.05) is 7.05 Å². The monoisotopic (exact) mass is 267 g/mol. The summed E-state index contributed by atoms with van der Waals surface area (Å²) >= 11 is 0. The topological polar surface area (TPSA) is 12.0 Å². The summed E-state index contributed by atoms with van der Waals surface area (Å²) < 4.78 is 0. The molecule has 0 saturated heterocycles. The van der Waals surface area contributed by atoms with Gasteiger partial charge < -0.3 is 5.32 Å². The first-order chi connectivity index (χ1) is 9.59. The summed E-state index contributed by atoms with van der Waals surface area (Å²) in [5.41, 5.74) is 4.14. The number of hydrogen-bond acceptors (Lipinski definition) is 1. The van der Waals surface area contributed by atoms with Gasteiger partial charge in [0.25, 0.3) is 0 Å². The number of hydrogen-bond donors (Lipinski definition) is 1. The Bertz CT molecular complexity index is 525. The van der Waals surface area contributed by atoms with Gasteiger partial charge in [-0.3, -0.25) is 0 Å². The third-order valence-corrected chi connectivity index (χ3v) is 4.25. The van der Waals surface area contributed by atoms with Gasteiger partial charge in [-0.25, -0.2) is 0 Å². The molecule has 1 atom stereocenters. The van der Waals surface area contributed by atoms with Crippen LogP contribution in [-0.4, -0.2) is 7.05 Å². The lowest BCUT2D eigenvalue weighted by Crippen LogP contribution is -2.35. The van der Waals surface area contributed by atoms with Crippen LogP contribution in [0.25, 0.3) is 0 Å². The SMILES string of the molecule is CCc1ccc(C(NC)C(C)(C)c2ccccc2)cc1. The van der Waals surface area contributed by atoms with E-state index in [0.717, 1.165) is 6.42 Å². The first-order valence-electron chi connectivity index (χ1n) is 7.41. The molecule has 2 aromatic carbocycles. The molecule has 0 aliphatic carbocycles. The van der Waals surface area contributed by atoms with Crippen molar-refractivity contribution in [3.63, 3.8) is 0 Å². The molecule has 2 aromatic rings. The zero-order valence-corrected chi connectivity index (χ0v) is 13.0. The van der Waals surface area contributed by atoms with Crippen LogP contribution in [0.15, 0.2) is 54.6 Å². The van der Waals surface area contributed by atoms with Crippen molar-refractivity contribution in [1.82, 2.24) is 5.32 Å². The molecule has 0 amide bonds. The minimum absolute atomic E-state index is 0.0454. The zero-order chi connectivity index (χ0) is 14.6. The van der Waals surface area contributed by atoms with E-state index in [0.29, 0.717) is 6.04 Å². The van der Waals surface area contributed by atoms with Gasteiger partial charge in [0.1, 0.15) is 0 Å². The van der Waals surface area contributed by atoms with E-state index < -0.39 is 0 Å². The number of aryl methyl sites for hydroxylation is 1. The second kappa shape index (κ2) is 6.23. The maximum atomic E-state index is 3.49. The normalized spacial score (nSPS) is 13.2. The molecule has 106 valence electrons. The van der Waals surface area contributed by atoms with Gasteiger partial charge in [-0.2, -0.15) is 0 Å². The van der Waals surface area contributed by atoms with Gasteiger partial charge in [-0.05, 0) is 30.2 Å². The van der Waals surface area contributed by atoms with E-state index in [2.05, 4.69) is 80.7 Å². The fraction of sp³-hybridized carbons (Fsp3) is 0.368. The van der Waals surface area contributed by atoms with Crippen molar-refractivity contribution in [3.05, 3.63) is 71.3 Å². The molecule has 0 bridgehead atoms. The fourth-order valence-electron chi connectivity index (χ4n) is 2.92. The average molecular weight is 267 g/mol. The number of benzene rings is 2. The predicted octanol–water partition coefficient (Wildman–Crippen LogP) is 4.49. The van der Waals surface area contributed by atoms with Crippen molar-refractivity contribution in [2.45, 2.75) is 38.6 Å². The molecule has 1 unspecified atom stereocenters. The van der Waals surface area contributed by atoms with E-state index in [4.69, 9.17) is 0 Å². The van der Waals surface area contributed by atoms with Crippen LogP contribution in [0.2, 0.25) is 0 Å². The highest BCUT2D eigenvalue weighted by Crippen LogP contribution is 2.36. The standard InChI is InChI=1S/C19H25N/c1-5-15-11-13-16(14-12-15)18(20-4)19(2,3)17-9-7-6-8-10-17/h6-14,18,20H,5H2,1-4H3. The highest BCUT2D eigenvalue weighted by atomic mass is 14.9. The first-order valence-corrected chi connectivity index (χ1v) is 7.41. The van der Waals surface area contributed by atoms with Gasteiger partial charge in [0.2, 0.25) is 0 Å². The molecular weight excluding hydrogens is 242 g/mol. The van der Waals surface area contributed by atoms with Crippen molar-refractivity contribution in [2.24, 2.45) is 0 Å². The summed E-state index contributed by atoms with van der Waals surface area (Å²) in [5.74, 6) is 0. The summed E-state index contributed by atoms with van der Waals surface area (Å²) in [5, 5.41) is 3.49. The molecule has 20 heavy (non-hydrogen) atoms. The Morgan fingerprint density at radius 1 is 0.950 bits per heavy atom. The van der Waals surface area contributed by atoms with Crippen LogP contribution >= 0.6 is 0 Å². The largest absolute Gasteiger partial charge is 0.312 e. The fourth-order valence-corrected chi connectivity index (χ4v) is 2.92. The second-order valence-corrected chi connectivity index (χ2v) is 5.90. The second-order valence-electron chi connectivity index (χ2n) is 5.90. The van der Waals surface area contributed by atoms with Gasteiger partial charge >= 0.3 is 0 Å². The van der Waals surface area contributed by atoms with Crippen LogP contribution < -0.4 is 5.32 Å². The Balaban J connectivity index is 2.35. The summed E-state index contributed by atoms with van der Waals surface area (Å²) in [7, 11) is 2.04. The van der Waals surface area contributed by atoms with Crippen molar-refractivity contribution in [3.8, 4) is 0 Å². The highest BCUT2D eigenvalue weighted by Gasteiger charge is 2.31. The molecule has 2 rings (SSSR count). The predicted molar refractivity (Wildman–Crippen MR) is 87.1 cm³/mol. The first kappa shape index (κ1) is 14.8. The minimum Gasteiger partial charge on any atom is -0.312 e. The molecule has 0 fully saturated rings. The Morgan fingerprint density at radius 2 is 1.55 bits per heavy atom. The van der Waals surface area contributed by atoms with Gasteiger partial charge in [0.15, 0.2) is 0 Å². The molecule has 0 aliphatic heterocycles. The van der Waals surface area contributed by atoms with Crippen LogP contribution in [0, 0.1) is 0 Å². The smallest absolute Gasteiger partial charge is 0.0410 e. The Morgan fingerprint density at radius 3 is 2.05 bits per heavy atom. The number of rotatable bonds is 5. The van der Waals surface area contributed by atoms with Crippen molar-refractivity contribution >= 4 is 0 Å².